The number of sulfonamides is 1. The summed E-state index contributed by atoms with van der Waals surface area (Å²) >= 11 is 0. The van der Waals surface area contributed by atoms with Crippen molar-refractivity contribution in [2.45, 2.75) is 38.0 Å². The zero-order chi connectivity index (χ0) is 19.9. The number of hydrogen-bond donors (Lipinski definition) is 0. The number of benzene rings is 2. The Bertz CT molecular complexity index is 979. The Kier molecular flexibility index (Phi) is 4.97. The molecule has 0 amide bonds. The lowest BCUT2D eigenvalue weighted by Gasteiger charge is -2.19. The molecule has 28 heavy (non-hydrogen) atoms. The molecule has 2 aromatic carbocycles. The van der Waals surface area contributed by atoms with Crippen LogP contribution in [0.25, 0.3) is 0 Å². The average Bonchev–Trinajstić information content (AvgIpc) is 3.33. The Morgan fingerprint density at radius 2 is 1.82 bits per heavy atom. The first kappa shape index (κ1) is 19.1. The molecule has 2 heterocycles. The van der Waals surface area contributed by atoms with Crippen LogP contribution < -0.4 is 14.2 Å². The average molecular weight is 404 g/mol. The second-order valence-corrected chi connectivity index (χ2v) is 9.22. The summed E-state index contributed by atoms with van der Waals surface area (Å²) in [6.07, 6.45) is 0.786. The summed E-state index contributed by atoms with van der Waals surface area (Å²) in [5, 5.41) is 0. The third-order valence-electron chi connectivity index (χ3n) is 5.38. The lowest BCUT2D eigenvalue weighted by atomic mass is 9.98. The molecule has 6 nitrogen and oxygen atoms in total. The van der Waals surface area contributed by atoms with Gasteiger partial charge in [0.25, 0.3) is 0 Å². The fraction of sp³-hybridized carbons (Fsp3) is 0.429. The molecule has 1 saturated heterocycles. The molecule has 1 fully saturated rings. The van der Waals surface area contributed by atoms with Crippen LogP contribution in [0, 0.1) is 13.8 Å². The van der Waals surface area contributed by atoms with Gasteiger partial charge in [-0.2, -0.15) is 4.31 Å². The number of nitrogens with zero attached hydrogens (tertiary/aromatic N) is 1. The van der Waals surface area contributed by atoms with Crippen LogP contribution in [0.15, 0.2) is 35.2 Å². The molecule has 2 aromatic rings. The minimum absolute atomic E-state index is 0.147. The van der Waals surface area contributed by atoms with Gasteiger partial charge in [0.2, 0.25) is 16.8 Å². The quantitative estimate of drug-likeness (QED) is 0.763. The number of rotatable bonds is 5. The normalized spacial score (nSPS) is 19.2. The van der Waals surface area contributed by atoms with Crippen molar-refractivity contribution in [3.8, 4) is 17.2 Å². The number of fused-ring (bicyclic) bond motifs is 1. The highest BCUT2D eigenvalue weighted by molar-refractivity contribution is 7.89. The Morgan fingerprint density at radius 3 is 2.54 bits per heavy atom. The van der Waals surface area contributed by atoms with E-state index in [1.165, 1.54) is 0 Å². The predicted octanol–water partition coefficient (Wildman–Crippen LogP) is 3.61. The zero-order valence-electron chi connectivity index (χ0n) is 16.4. The van der Waals surface area contributed by atoms with Crippen molar-refractivity contribution in [2.24, 2.45) is 0 Å². The molecular formula is C21H25NO5S. The molecule has 0 radical (unpaired) electrons. The highest BCUT2D eigenvalue weighted by Gasteiger charge is 2.34. The fourth-order valence-electron chi connectivity index (χ4n) is 3.97. The van der Waals surface area contributed by atoms with E-state index in [0.717, 1.165) is 40.4 Å². The van der Waals surface area contributed by atoms with E-state index in [-0.39, 0.29) is 12.7 Å². The maximum atomic E-state index is 13.2. The smallest absolute Gasteiger partial charge is 0.243 e. The standard InChI is InChI=1S/C21H25NO5S/c1-4-25-21-14(2)9-18(10-15(21)3)28(23,24)22-8-7-17(12-22)16-5-6-19-20(11-16)27-13-26-19/h5-6,9-11,17H,4,7-8,12-13H2,1-3H3. The van der Waals surface area contributed by atoms with Gasteiger partial charge < -0.3 is 14.2 Å². The number of ether oxygens (including phenoxy) is 3. The lowest BCUT2D eigenvalue weighted by Crippen LogP contribution is -2.28. The summed E-state index contributed by atoms with van der Waals surface area (Å²) < 4.78 is 44.5. The number of aryl methyl sites for hydroxylation is 2. The summed E-state index contributed by atoms with van der Waals surface area (Å²) in [5.74, 6) is 2.39. The van der Waals surface area contributed by atoms with Gasteiger partial charge in [-0.3, -0.25) is 0 Å². The first-order valence-corrected chi connectivity index (χ1v) is 11.0. The fourth-order valence-corrected chi connectivity index (χ4v) is 5.64. The van der Waals surface area contributed by atoms with E-state index < -0.39 is 10.0 Å². The van der Waals surface area contributed by atoms with Crippen LogP contribution in [0.2, 0.25) is 0 Å². The molecule has 0 spiro atoms. The Balaban J connectivity index is 1.56. The molecule has 4 rings (SSSR count). The maximum absolute atomic E-state index is 13.2. The summed E-state index contributed by atoms with van der Waals surface area (Å²) in [4.78, 5) is 0.331. The molecule has 1 unspecified atom stereocenters. The van der Waals surface area contributed by atoms with Gasteiger partial charge in [0.1, 0.15) is 5.75 Å². The summed E-state index contributed by atoms with van der Waals surface area (Å²) in [6.45, 7) is 7.45. The van der Waals surface area contributed by atoms with Crippen LogP contribution in [0.4, 0.5) is 0 Å². The highest BCUT2D eigenvalue weighted by Crippen LogP contribution is 2.38. The molecule has 150 valence electrons. The summed E-state index contributed by atoms with van der Waals surface area (Å²) in [6, 6.07) is 9.28. The van der Waals surface area contributed by atoms with Crippen LogP contribution in [0.1, 0.15) is 36.0 Å². The highest BCUT2D eigenvalue weighted by atomic mass is 32.2. The molecule has 1 atom stereocenters. The second kappa shape index (κ2) is 7.29. The topological polar surface area (TPSA) is 65.1 Å². The zero-order valence-corrected chi connectivity index (χ0v) is 17.2. The van der Waals surface area contributed by atoms with Gasteiger partial charge in [0.05, 0.1) is 11.5 Å². The molecule has 0 bridgehead atoms. The van der Waals surface area contributed by atoms with Crippen molar-refractivity contribution in [1.82, 2.24) is 4.31 Å². The molecule has 0 saturated carbocycles. The Hall–Kier alpha value is -2.25. The van der Waals surface area contributed by atoms with Gasteiger partial charge in [-0.1, -0.05) is 6.07 Å². The van der Waals surface area contributed by atoms with Crippen molar-refractivity contribution in [1.29, 1.82) is 0 Å². The lowest BCUT2D eigenvalue weighted by molar-refractivity contribution is 0.174. The van der Waals surface area contributed by atoms with Crippen molar-refractivity contribution in [2.75, 3.05) is 26.5 Å². The molecule has 7 heteroatoms. The Labute approximate surface area is 166 Å². The molecule has 0 aliphatic carbocycles. The van der Waals surface area contributed by atoms with Crippen LogP contribution in [0.5, 0.6) is 17.2 Å². The van der Waals surface area contributed by atoms with E-state index >= 15 is 0 Å². The third kappa shape index (κ3) is 3.33. The van der Waals surface area contributed by atoms with Crippen LogP contribution in [-0.4, -0.2) is 39.2 Å². The first-order valence-electron chi connectivity index (χ1n) is 9.54. The molecule has 2 aliphatic heterocycles. The minimum atomic E-state index is -3.55. The molecule has 0 aromatic heterocycles. The van der Waals surface area contributed by atoms with E-state index in [1.807, 2.05) is 39.0 Å². The van der Waals surface area contributed by atoms with Gasteiger partial charge in [-0.15, -0.1) is 0 Å². The molecule has 2 aliphatic rings. The van der Waals surface area contributed by atoms with Gasteiger partial charge in [0.15, 0.2) is 11.5 Å². The van der Waals surface area contributed by atoms with E-state index in [4.69, 9.17) is 14.2 Å². The maximum Gasteiger partial charge on any atom is 0.243 e. The van der Waals surface area contributed by atoms with Crippen LogP contribution >= 0.6 is 0 Å². The largest absolute Gasteiger partial charge is 0.493 e. The van der Waals surface area contributed by atoms with Crippen molar-refractivity contribution >= 4 is 10.0 Å². The van der Waals surface area contributed by atoms with Crippen LogP contribution in [0.3, 0.4) is 0 Å². The van der Waals surface area contributed by atoms with Crippen molar-refractivity contribution < 1.29 is 22.6 Å². The van der Waals surface area contributed by atoms with Gasteiger partial charge in [-0.05, 0) is 74.1 Å². The molecule has 0 N–H and O–H groups in total. The van der Waals surface area contributed by atoms with Gasteiger partial charge >= 0.3 is 0 Å². The monoisotopic (exact) mass is 403 g/mol. The second-order valence-electron chi connectivity index (χ2n) is 7.28. The van der Waals surface area contributed by atoms with E-state index in [0.29, 0.717) is 24.6 Å². The minimum Gasteiger partial charge on any atom is -0.493 e. The predicted molar refractivity (Wildman–Crippen MR) is 106 cm³/mol. The third-order valence-corrected chi connectivity index (χ3v) is 7.22. The van der Waals surface area contributed by atoms with E-state index in [1.54, 1.807) is 16.4 Å². The van der Waals surface area contributed by atoms with Crippen LogP contribution in [-0.2, 0) is 10.0 Å². The molecular weight excluding hydrogens is 378 g/mol. The summed E-state index contributed by atoms with van der Waals surface area (Å²) in [5.41, 5.74) is 2.76. The van der Waals surface area contributed by atoms with Crippen molar-refractivity contribution in [3.63, 3.8) is 0 Å². The van der Waals surface area contributed by atoms with E-state index in [2.05, 4.69) is 0 Å². The Morgan fingerprint density at radius 1 is 1.11 bits per heavy atom. The number of hydrogen-bond acceptors (Lipinski definition) is 5. The first-order chi connectivity index (χ1) is 13.4. The summed E-state index contributed by atoms with van der Waals surface area (Å²) in [7, 11) is -3.55. The van der Waals surface area contributed by atoms with Gasteiger partial charge in [-0.25, -0.2) is 8.42 Å². The van der Waals surface area contributed by atoms with E-state index in [9.17, 15) is 8.42 Å². The SMILES string of the molecule is CCOc1c(C)cc(S(=O)(=O)N2CCC(c3ccc4c(c3)OCO4)C2)cc1C. The van der Waals surface area contributed by atoms with Crippen molar-refractivity contribution in [3.05, 3.63) is 47.0 Å². The van der Waals surface area contributed by atoms with Gasteiger partial charge in [0, 0.05) is 13.1 Å².